The van der Waals surface area contributed by atoms with E-state index in [0.29, 0.717) is 19.0 Å². The Balaban J connectivity index is 1.46. The third kappa shape index (κ3) is 5.72. The second kappa shape index (κ2) is 10.5. The Kier molecular flexibility index (Phi) is 7.73. The van der Waals surface area contributed by atoms with Crippen LogP contribution >= 0.6 is 11.8 Å². The van der Waals surface area contributed by atoms with Crippen molar-refractivity contribution in [1.82, 2.24) is 20.1 Å². The number of rotatable bonds is 9. The summed E-state index contributed by atoms with van der Waals surface area (Å²) >= 11 is 1.44. The lowest BCUT2D eigenvalue weighted by Crippen LogP contribution is -2.38. The average Bonchev–Trinajstić information content (AvgIpc) is 3.15. The number of aromatic nitrogens is 3. The van der Waals surface area contributed by atoms with Crippen LogP contribution in [0, 0.1) is 0 Å². The van der Waals surface area contributed by atoms with Crippen LogP contribution in [0.5, 0.6) is 0 Å². The minimum atomic E-state index is 0.0316. The van der Waals surface area contributed by atoms with Gasteiger partial charge in [-0.05, 0) is 32.3 Å². The fourth-order valence-corrected chi connectivity index (χ4v) is 4.02. The number of carbonyl (C=O) groups is 1. The van der Waals surface area contributed by atoms with Gasteiger partial charge in [0.2, 0.25) is 11.9 Å². The topological polar surface area (TPSA) is 72.3 Å². The molecule has 2 heterocycles. The summed E-state index contributed by atoms with van der Waals surface area (Å²) in [5.74, 6) is 1.24. The molecule has 1 aromatic heterocycles. The molecule has 7 nitrogen and oxygen atoms in total. The van der Waals surface area contributed by atoms with Crippen LogP contribution in [0.25, 0.3) is 0 Å². The maximum atomic E-state index is 12.3. The monoisotopic (exact) mass is 403 g/mol. The number of aryl methyl sites for hydroxylation is 1. The van der Waals surface area contributed by atoms with Crippen LogP contribution in [0.4, 0.5) is 5.95 Å². The number of benzene rings is 1. The Bertz CT molecular complexity index is 746. The first-order valence-corrected chi connectivity index (χ1v) is 10.9. The minimum Gasteiger partial charge on any atom is -0.378 e. The number of nitrogens with one attached hydrogen (secondary N) is 1. The van der Waals surface area contributed by atoms with E-state index in [2.05, 4.69) is 51.0 Å². The molecule has 0 spiro atoms. The zero-order valence-corrected chi connectivity index (χ0v) is 17.5. The molecule has 0 aliphatic carbocycles. The highest BCUT2D eigenvalue weighted by Crippen LogP contribution is 2.22. The largest absolute Gasteiger partial charge is 0.378 e. The van der Waals surface area contributed by atoms with Gasteiger partial charge in [-0.25, -0.2) is 0 Å². The number of anilines is 1. The maximum absolute atomic E-state index is 12.3. The molecule has 3 rings (SSSR count). The van der Waals surface area contributed by atoms with Crippen molar-refractivity contribution in [3.63, 3.8) is 0 Å². The minimum absolute atomic E-state index is 0.0316. The van der Waals surface area contributed by atoms with Crippen molar-refractivity contribution < 1.29 is 9.53 Å². The summed E-state index contributed by atoms with van der Waals surface area (Å²) in [4.78, 5) is 14.5. The van der Waals surface area contributed by atoms with Gasteiger partial charge in [0, 0.05) is 25.7 Å². The molecule has 0 unspecified atom stereocenters. The molecule has 0 saturated carbocycles. The summed E-state index contributed by atoms with van der Waals surface area (Å²) in [5.41, 5.74) is 1.30. The van der Waals surface area contributed by atoms with E-state index in [0.717, 1.165) is 43.6 Å². The van der Waals surface area contributed by atoms with Gasteiger partial charge in [-0.1, -0.05) is 42.1 Å². The van der Waals surface area contributed by atoms with Crippen LogP contribution in [0.2, 0.25) is 0 Å². The van der Waals surface area contributed by atoms with Gasteiger partial charge in [0.25, 0.3) is 0 Å². The molecule has 1 amide bonds. The van der Waals surface area contributed by atoms with Crippen molar-refractivity contribution in [1.29, 1.82) is 0 Å². The number of amides is 1. The molecule has 1 aliphatic heterocycles. The van der Waals surface area contributed by atoms with E-state index in [-0.39, 0.29) is 11.9 Å². The second-order valence-corrected chi connectivity index (χ2v) is 7.85. The van der Waals surface area contributed by atoms with Crippen LogP contribution < -0.4 is 10.2 Å². The summed E-state index contributed by atoms with van der Waals surface area (Å²) in [6.45, 7) is 7.96. The quantitative estimate of drug-likeness (QED) is 0.648. The average molecular weight is 404 g/mol. The van der Waals surface area contributed by atoms with E-state index in [9.17, 15) is 4.79 Å². The van der Waals surface area contributed by atoms with Crippen LogP contribution in [0.1, 0.15) is 25.8 Å². The molecule has 152 valence electrons. The zero-order valence-electron chi connectivity index (χ0n) is 16.6. The smallest absolute Gasteiger partial charge is 0.230 e. The Morgan fingerprint density at radius 3 is 2.71 bits per heavy atom. The van der Waals surface area contributed by atoms with Crippen molar-refractivity contribution in [2.24, 2.45) is 0 Å². The lowest BCUT2D eigenvalue weighted by atomic mass is 10.1. The predicted molar refractivity (Wildman–Crippen MR) is 112 cm³/mol. The van der Waals surface area contributed by atoms with E-state index >= 15 is 0 Å². The summed E-state index contributed by atoms with van der Waals surface area (Å²) in [7, 11) is 0. The second-order valence-electron chi connectivity index (χ2n) is 6.91. The number of carbonyl (C=O) groups excluding carboxylic acids is 1. The molecule has 1 saturated heterocycles. The summed E-state index contributed by atoms with van der Waals surface area (Å²) in [5, 5.41) is 12.5. The molecule has 1 atom stereocenters. The molecular weight excluding hydrogens is 374 g/mol. The van der Waals surface area contributed by atoms with Gasteiger partial charge in [0.1, 0.15) is 0 Å². The van der Waals surface area contributed by atoms with Gasteiger partial charge in [-0.2, -0.15) is 0 Å². The number of thioether (sulfide) groups is 1. The van der Waals surface area contributed by atoms with Gasteiger partial charge >= 0.3 is 0 Å². The van der Waals surface area contributed by atoms with Gasteiger partial charge in [0.05, 0.1) is 19.0 Å². The molecule has 8 heteroatoms. The Labute approximate surface area is 170 Å². The van der Waals surface area contributed by atoms with Crippen LogP contribution in [0.15, 0.2) is 35.5 Å². The van der Waals surface area contributed by atoms with Gasteiger partial charge in [-0.15, -0.1) is 10.2 Å². The van der Waals surface area contributed by atoms with E-state index in [1.165, 1.54) is 17.3 Å². The van der Waals surface area contributed by atoms with E-state index in [1.807, 2.05) is 18.2 Å². The molecule has 0 radical (unpaired) electrons. The van der Waals surface area contributed by atoms with Crippen molar-refractivity contribution in [3.05, 3.63) is 35.9 Å². The van der Waals surface area contributed by atoms with Gasteiger partial charge in [-0.3, -0.25) is 9.36 Å². The third-order valence-corrected chi connectivity index (χ3v) is 5.72. The van der Waals surface area contributed by atoms with E-state index in [1.54, 1.807) is 0 Å². The first kappa shape index (κ1) is 20.7. The highest BCUT2D eigenvalue weighted by molar-refractivity contribution is 7.99. The molecule has 1 aromatic carbocycles. The first-order chi connectivity index (χ1) is 13.7. The SMILES string of the molecule is CCn1c(SCC(=O)N[C@@H](C)CCc2ccccc2)nnc1N1CCOCC1. The number of ether oxygens (including phenoxy) is 1. The molecular formula is C20H29N5O2S. The third-order valence-electron chi connectivity index (χ3n) is 4.76. The maximum Gasteiger partial charge on any atom is 0.230 e. The lowest BCUT2D eigenvalue weighted by Gasteiger charge is -2.27. The standard InChI is InChI=1S/C20H29N5O2S/c1-3-25-19(24-11-13-27-14-12-24)22-23-20(25)28-15-18(26)21-16(2)9-10-17-7-5-4-6-8-17/h4-8,16H,3,9-15H2,1-2H3,(H,21,26)/t16-/m0/s1. The number of hydrogen-bond donors (Lipinski definition) is 1. The predicted octanol–water partition coefficient (Wildman–Crippen LogP) is 2.36. The fourth-order valence-electron chi connectivity index (χ4n) is 3.21. The molecule has 2 aromatic rings. The first-order valence-electron chi connectivity index (χ1n) is 9.89. The normalized spacial score (nSPS) is 15.4. The summed E-state index contributed by atoms with van der Waals surface area (Å²) in [6, 6.07) is 10.5. The van der Waals surface area contributed by atoms with Crippen LogP contribution in [0.3, 0.4) is 0 Å². The summed E-state index contributed by atoms with van der Waals surface area (Å²) < 4.78 is 7.48. The van der Waals surface area contributed by atoms with Crippen molar-refractivity contribution in [2.45, 2.75) is 44.4 Å². The summed E-state index contributed by atoms with van der Waals surface area (Å²) in [6.07, 6.45) is 1.88. The van der Waals surface area contributed by atoms with E-state index in [4.69, 9.17) is 4.74 Å². The number of hydrogen-bond acceptors (Lipinski definition) is 6. The fraction of sp³-hybridized carbons (Fsp3) is 0.550. The Morgan fingerprint density at radius 1 is 1.25 bits per heavy atom. The van der Waals surface area contributed by atoms with Gasteiger partial charge in [0.15, 0.2) is 5.16 Å². The molecule has 1 aliphatic rings. The van der Waals surface area contributed by atoms with Crippen molar-refractivity contribution >= 4 is 23.6 Å². The van der Waals surface area contributed by atoms with Crippen LogP contribution in [-0.4, -0.2) is 58.8 Å². The number of morpholine rings is 1. The lowest BCUT2D eigenvalue weighted by molar-refractivity contribution is -0.119. The Hall–Kier alpha value is -2.06. The van der Waals surface area contributed by atoms with Crippen molar-refractivity contribution in [2.75, 3.05) is 37.0 Å². The Morgan fingerprint density at radius 2 is 2.00 bits per heavy atom. The van der Waals surface area contributed by atoms with Crippen LogP contribution in [-0.2, 0) is 22.5 Å². The molecule has 1 N–H and O–H groups in total. The highest BCUT2D eigenvalue weighted by Gasteiger charge is 2.20. The molecule has 28 heavy (non-hydrogen) atoms. The molecule has 1 fully saturated rings. The van der Waals surface area contributed by atoms with E-state index < -0.39 is 0 Å². The number of nitrogens with zero attached hydrogens (tertiary/aromatic N) is 4. The molecule has 0 bridgehead atoms. The van der Waals surface area contributed by atoms with Gasteiger partial charge < -0.3 is 15.0 Å². The van der Waals surface area contributed by atoms with Crippen molar-refractivity contribution in [3.8, 4) is 0 Å². The highest BCUT2D eigenvalue weighted by atomic mass is 32.2. The zero-order chi connectivity index (χ0) is 19.8.